The van der Waals surface area contributed by atoms with Crippen LogP contribution in [0.1, 0.15) is 310 Å². The maximum atomic E-state index is 13.1. The summed E-state index contributed by atoms with van der Waals surface area (Å²) in [4.78, 5) is 73.1. The third-order valence-corrected chi connectivity index (χ3v) is 18.6. The number of phosphoric ester groups is 2. The highest BCUT2D eigenvalue weighted by molar-refractivity contribution is 7.47. The largest absolute Gasteiger partial charge is 0.472 e. The van der Waals surface area contributed by atoms with E-state index in [0.717, 1.165) is 186 Å². The highest BCUT2D eigenvalue weighted by Crippen LogP contribution is 2.45. The molecule has 0 aromatic heterocycles. The molecule has 5 atom stereocenters. The van der Waals surface area contributed by atoms with E-state index in [1.807, 2.05) is 18.2 Å². The van der Waals surface area contributed by atoms with E-state index in [1.54, 1.807) is 0 Å². The molecule has 614 valence electrons. The minimum Gasteiger partial charge on any atom is -0.462 e. The van der Waals surface area contributed by atoms with E-state index in [2.05, 4.69) is 180 Å². The molecule has 5 unspecified atom stereocenters. The lowest BCUT2D eigenvalue weighted by Gasteiger charge is -2.21. The minimum absolute atomic E-state index is 0.0296. The van der Waals surface area contributed by atoms with E-state index in [0.29, 0.717) is 32.1 Å². The second-order valence-corrected chi connectivity index (χ2v) is 29.8. The van der Waals surface area contributed by atoms with Crippen molar-refractivity contribution in [2.45, 2.75) is 329 Å². The maximum Gasteiger partial charge on any atom is 0.472 e. The molecule has 0 aliphatic rings. The van der Waals surface area contributed by atoms with Crippen molar-refractivity contribution in [1.82, 2.24) is 0 Å². The fourth-order valence-corrected chi connectivity index (χ4v) is 12.1. The molecule has 3 N–H and O–H groups in total. The number of allylic oxidation sites excluding steroid dienone is 28. The van der Waals surface area contributed by atoms with Crippen LogP contribution in [0.5, 0.6) is 0 Å². The molecule has 108 heavy (non-hydrogen) atoms. The van der Waals surface area contributed by atoms with E-state index < -0.39 is 97.5 Å². The number of aliphatic hydroxyl groups is 1. The van der Waals surface area contributed by atoms with Gasteiger partial charge in [-0.2, -0.15) is 0 Å². The highest BCUT2D eigenvalue weighted by Gasteiger charge is 2.30. The standard InChI is InChI=1S/C89H146O17P2/c1-5-9-13-17-21-25-29-33-37-39-41-43-47-49-53-57-61-65-69-73-86(91)99-79-84(105-88(93)75-71-67-63-59-55-51-45-35-31-27-23-19-15-11-7-3)81-103-107(95,96)101-77-83(90)78-102-108(97,98)104-82-85(106-89(94)76-72-68-64-60-56-52-46-36-32-28-24-20-16-12-8-4)80-100-87(92)74-70-66-62-58-54-50-48-44-42-40-38-34-30-26-22-18-14-10-6-2/h9-11,13-15,21-23,25-27,33-38,41-46,50,54,62,66,83-85,90H,5-8,12,16-20,24,28-32,39-40,47-49,51-53,55-61,63-65,67-82H2,1-4H3,(H,95,96)(H,97,98)/b13-9-,14-10-,15-11-,25-21-,26-22-,27-23-,37-33-,38-34-,43-41-,44-42-,45-35-,46-36-,54-50-,66-62-. The molecule has 0 saturated carbocycles. The number of ether oxygens (including phenoxy) is 4. The lowest BCUT2D eigenvalue weighted by atomic mass is 10.1. The van der Waals surface area contributed by atoms with Crippen molar-refractivity contribution in [3.8, 4) is 0 Å². The number of carbonyl (C=O) groups is 4. The van der Waals surface area contributed by atoms with E-state index >= 15 is 0 Å². The Balaban J connectivity index is 5.46. The molecule has 0 heterocycles. The van der Waals surface area contributed by atoms with E-state index in [9.17, 15) is 43.2 Å². The summed E-state index contributed by atoms with van der Waals surface area (Å²) in [5, 5.41) is 10.7. The second-order valence-electron chi connectivity index (χ2n) is 26.9. The van der Waals surface area contributed by atoms with Crippen LogP contribution in [0.15, 0.2) is 170 Å². The van der Waals surface area contributed by atoms with Crippen LogP contribution < -0.4 is 0 Å². The first-order valence-electron chi connectivity index (χ1n) is 41.4. The lowest BCUT2D eigenvalue weighted by Crippen LogP contribution is -2.30. The molecule has 0 saturated heterocycles. The number of unbranched alkanes of at least 4 members (excludes halogenated alkanes) is 22. The monoisotopic (exact) mass is 1550 g/mol. The van der Waals surface area contributed by atoms with Gasteiger partial charge in [-0.3, -0.25) is 37.3 Å². The van der Waals surface area contributed by atoms with Gasteiger partial charge < -0.3 is 33.8 Å². The summed E-state index contributed by atoms with van der Waals surface area (Å²) in [6, 6.07) is 0. The summed E-state index contributed by atoms with van der Waals surface area (Å²) >= 11 is 0. The molecule has 19 heteroatoms. The Labute approximate surface area is 654 Å². The summed E-state index contributed by atoms with van der Waals surface area (Å²) in [7, 11) is -10.0. The third kappa shape index (κ3) is 78.5. The summed E-state index contributed by atoms with van der Waals surface area (Å²) < 4.78 is 68.6. The minimum atomic E-state index is -5.01. The van der Waals surface area contributed by atoms with Crippen molar-refractivity contribution in [2.75, 3.05) is 39.6 Å². The fraction of sp³-hybridized carbons (Fsp3) is 0.640. The van der Waals surface area contributed by atoms with Gasteiger partial charge in [0, 0.05) is 25.7 Å². The first-order valence-corrected chi connectivity index (χ1v) is 44.4. The van der Waals surface area contributed by atoms with Crippen LogP contribution in [0, 0.1) is 0 Å². The average Bonchev–Trinajstić information content (AvgIpc) is 0.923. The fourth-order valence-electron chi connectivity index (χ4n) is 10.5. The summed E-state index contributed by atoms with van der Waals surface area (Å²) in [6.07, 6.45) is 94.8. The zero-order chi connectivity index (χ0) is 78.9. The molecule has 17 nitrogen and oxygen atoms in total. The Bertz CT molecular complexity index is 2710. The van der Waals surface area contributed by atoms with Crippen molar-refractivity contribution in [3.05, 3.63) is 170 Å². The van der Waals surface area contributed by atoms with Gasteiger partial charge in [0.25, 0.3) is 0 Å². The van der Waals surface area contributed by atoms with Gasteiger partial charge >= 0.3 is 39.5 Å². The number of rotatable bonds is 76. The number of esters is 4. The first-order chi connectivity index (χ1) is 52.7. The normalized spacial score (nSPS) is 14.7. The molecule has 0 aromatic rings. The average molecular weight is 1550 g/mol. The predicted molar refractivity (Wildman–Crippen MR) is 445 cm³/mol. The van der Waals surface area contributed by atoms with Crippen LogP contribution in [0.4, 0.5) is 0 Å². The molecule has 0 amide bonds. The van der Waals surface area contributed by atoms with Crippen molar-refractivity contribution in [1.29, 1.82) is 0 Å². The van der Waals surface area contributed by atoms with Gasteiger partial charge in [0.15, 0.2) is 12.2 Å². The smallest absolute Gasteiger partial charge is 0.462 e. The number of phosphoric acid groups is 2. The summed E-state index contributed by atoms with van der Waals surface area (Å²) in [6.45, 7) is 4.41. The summed E-state index contributed by atoms with van der Waals surface area (Å²) in [5.74, 6) is -2.32. The molecule has 0 radical (unpaired) electrons. The van der Waals surface area contributed by atoms with Crippen LogP contribution in [0.3, 0.4) is 0 Å². The van der Waals surface area contributed by atoms with Gasteiger partial charge in [-0.05, 0) is 161 Å². The van der Waals surface area contributed by atoms with Gasteiger partial charge in [0.1, 0.15) is 19.3 Å². The molecule has 0 aromatic carbocycles. The lowest BCUT2D eigenvalue weighted by molar-refractivity contribution is -0.161. The third-order valence-electron chi connectivity index (χ3n) is 16.7. The second kappa shape index (κ2) is 79.5. The zero-order valence-electron chi connectivity index (χ0n) is 67.2. The van der Waals surface area contributed by atoms with Gasteiger partial charge in [-0.25, -0.2) is 9.13 Å². The zero-order valence-corrected chi connectivity index (χ0v) is 69.0. The van der Waals surface area contributed by atoms with Crippen molar-refractivity contribution in [2.24, 2.45) is 0 Å². The quantitative estimate of drug-likeness (QED) is 0.0169. The topological polar surface area (TPSA) is 237 Å². The molecule has 0 aliphatic carbocycles. The van der Waals surface area contributed by atoms with Crippen LogP contribution >= 0.6 is 15.6 Å². The van der Waals surface area contributed by atoms with Crippen molar-refractivity contribution < 1.29 is 80.2 Å². The van der Waals surface area contributed by atoms with Crippen LogP contribution in [0.2, 0.25) is 0 Å². The molecule has 0 spiro atoms. The Hall–Kier alpha value is -5.58. The van der Waals surface area contributed by atoms with Gasteiger partial charge in [-0.15, -0.1) is 0 Å². The highest BCUT2D eigenvalue weighted by atomic mass is 31.2. The Morgan fingerprint density at radius 1 is 0.269 bits per heavy atom. The number of carbonyl (C=O) groups excluding carboxylic acids is 4. The predicted octanol–water partition coefficient (Wildman–Crippen LogP) is 24.6. The molecular weight excluding hydrogens is 1400 g/mol. The van der Waals surface area contributed by atoms with Crippen LogP contribution in [-0.4, -0.2) is 96.7 Å². The van der Waals surface area contributed by atoms with Crippen LogP contribution in [0.25, 0.3) is 0 Å². The van der Waals surface area contributed by atoms with E-state index in [4.69, 9.17) is 37.0 Å². The number of hydrogen-bond donors (Lipinski definition) is 3. The number of aliphatic hydroxyl groups excluding tert-OH is 1. The maximum absolute atomic E-state index is 13.1. The first kappa shape index (κ1) is 102. The molecule has 0 rings (SSSR count). The van der Waals surface area contributed by atoms with Crippen LogP contribution in [-0.2, 0) is 65.4 Å². The Morgan fingerprint density at radius 3 is 0.806 bits per heavy atom. The molecule has 0 fully saturated rings. The Morgan fingerprint density at radius 2 is 0.500 bits per heavy atom. The van der Waals surface area contributed by atoms with Gasteiger partial charge in [0.05, 0.1) is 26.4 Å². The van der Waals surface area contributed by atoms with E-state index in [1.165, 1.54) is 38.5 Å². The van der Waals surface area contributed by atoms with Crippen molar-refractivity contribution in [3.63, 3.8) is 0 Å². The molecular formula is C89H146O17P2. The summed E-state index contributed by atoms with van der Waals surface area (Å²) in [5.41, 5.74) is 0. The molecule has 0 bridgehead atoms. The molecule has 0 aliphatic heterocycles. The number of hydrogen-bond acceptors (Lipinski definition) is 15. The van der Waals surface area contributed by atoms with Crippen molar-refractivity contribution >= 4 is 39.5 Å². The van der Waals surface area contributed by atoms with Gasteiger partial charge in [0.2, 0.25) is 0 Å². The van der Waals surface area contributed by atoms with Gasteiger partial charge in [-0.1, -0.05) is 294 Å². The Kier molecular flexibility index (Phi) is 75.4. The van der Waals surface area contributed by atoms with E-state index in [-0.39, 0.29) is 25.7 Å². The SMILES string of the molecule is CC/C=C\C/C=C\C/C=C\C/C=C\C/C=C\C/C=C\CCC(=O)OCC(COP(=O)(O)OCC(O)COP(=O)(O)OCC(COC(=O)CCCCCCCC/C=C\C/C=C\C/C=C\C/C=C\CC)OC(=O)CCCCCCC/C=C\C/C=C\C/C=C\CC)OC(=O)CCCCCCC/C=C\CCCCCCCC.